The van der Waals surface area contributed by atoms with Crippen LogP contribution >= 0.6 is 11.6 Å². The van der Waals surface area contributed by atoms with Gasteiger partial charge in [-0.15, -0.1) is 0 Å². The number of aromatic nitrogens is 2. The van der Waals surface area contributed by atoms with Gasteiger partial charge in [0, 0.05) is 24.2 Å². The van der Waals surface area contributed by atoms with Gasteiger partial charge in [-0.05, 0) is 18.9 Å². The Bertz CT molecular complexity index is 469. The second kappa shape index (κ2) is 4.97. The van der Waals surface area contributed by atoms with Crippen LogP contribution in [0, 0.1) is 0 Å². The Labute approximate surface area is 117 Å². The molecule has 0 aliphatic heterocycles. The monoisotopic (exact) mass is 288 g/mol. The van der Waals surface area contributed by atoms with Crippen LogP contribution in [-0.2, 0) is 5.41 Å². The summed E-state index contributed by atoms with van der Waals surface area (Å²) in [6.45, 7) is 6.06. The van der Waals surface area contributed by atoms with Gasteiger partial charge in [-0.3, -0.25) is 0 Å². The molecule has 0 radical (unpaired) electrons. The normalized spacial score (nSPS) is 23.4. The quantitative estimate of drug-likeness (QED) is 0.699. The van der Waals surface area contributed by atoms with Crippen molar-refractivity contribution in [3.8, 4) is 0 Å². The molecule has 1 fully saturated rings. The van der Waals surface area contributed by atoms with Crippen LogP contribution in [0.4, 0.5) is 8.78 Å². The van der Waals surface area contributed by atoms with E-state index in [1.165, 1.54) is 0 Å². The maximum absolute atomic E-state index is 13.5. The van der Waals surface area contributed by atoms with Crippen LogP contribution in [-0.4, -0.2) is 15.9 Å². The number of hydrogen-bond acceptors (Lipinski definition) is 2. The topological polar surface area (TPSA) is 25.8 Å². The van der Waals surface area contributed by atoms with Crippen LogP contribution in [0.2, 0.25) is 5.15 Å². The van der Waals surface area contributed by atoms with Crippen molar-refractivity contribution in [2.75, 3.05) is 0 Å². The van der Waals surface area contributed by atoms with E-state index >= 15 is 0 Å². The van der Waals surface area contributed by atoms with Gasteiger partial charge in [0.25, 0.3) is 0 Å². The van der Waals surface area contributed by atoms with E-state index in [2.05, 4.69) is 9.97 Å². The molecule has 1 aliphatic rings. The lowest BCUT2D eigenvalue weighted by Gasteiger charge is -2.28. The fourth-order valence-corrected chi connectivity index (χ4v) is 2.58. The highest BCUT2D eigenvalue weighted by Crippen LogP contribution is 2.41. The molecule has 0 saturated heterocycles. The highest BCUT2D eigenvalue weighted by atomic mass is 35.5. The number of nitrogens with zero attached hydrogens (tertiary/aromatic N) is 2. The first kappa shape index (κ1) is 14.6. The largest absolute Gasteiger partial charge is 0.248 e. The highest BCUT2D eigenvalue weighted by Gasteiger charge is 2.38. The van der Waals surface area contributed by atoms with E-state index in [1.54, 1.807) is 6.07 Å². The third-order valence-corrected chi connectivity index (χ3v) is 3.68. The summed E-state index contributed by atoms with van der Waals surface area (Å²) in [6.07, 6.45) is 1.02. The van der Waals surface area contributed by atoms with Gasteiger partial charge >= 0.3 is 0 Å². The standard InChI is InChI=1S/C14H19ClF2N2/c1-13(2,3)10-7-11(15)19-12(18-10)9-5-4-6-14(16,17)8-9/h7,9H,4-6,8H2,1-3H3. The molecule has 1 unspecified atom stereocenters. The summed E-state index contributed by atoms with van der Waals surface area (Å²) >= 11 is 6.01. The van der Waals surface area contributed by atoms with E-state index in [1.807, 2.05) is 20.8 Å². The number of halogens is 3. The first-order valence-corrected chi connectivity index (χ1v) is 6.98. The summed E-state index contributed by atoms with van der Waals surface area (Å²) in [6, 6.07) is 1.71. The van der Waals surface area contributed by atoms with Crippen LogP contribution < -0.4 is 0 Å². The molecule has 1 aliphatic carbocycles. The average molecular weight is 289 g/mol. The van der Waals surface area contributed by atoms with Crippen LogP contribution in [0.25, 0.3) is 0 Å². The zero-order valence-corrected chi connectivity index (χ0v) is 12.3. The summed E-state index contributed by atoms with van der Waals surface area (Å²) in [5.74, 6) is -2.42. The molecule has 1 atom stereocenters. The Morgan fingerprint density at radius 1 is 1.32 bits per heavy atom. The molecule has 1 aromatic rings. The van der Waals surface area contributed by atoms with E-state index in [0.29, 0.717) is 23.8 Å². The first-order valence-electron chi connectivity index (χ1n) is 6.60. The van der Waals surface area contributed by atoms with Crippen molar-refractivity contribution < 1.29 is 8.78 Å². The summed E-state index contributed by atoms with van der Waals surface area (Å²) in [7, 11) is 0. The lowest BCUT2D eigenvalue weighted by molar-refractivity contribution is -0.0417. The Hall–Kier alpha value is -0.770. The summed E-state index contributed by atoms with van der Waals surface area (Å²) in [4.78, 5) is 8.62. The van der Waals surface area contributed by atoms with Crippen molar-refractivity contribution >= 4 is 11.6 Å². The van der Waals surface area contributed by atoms with Crippen molar-refractivity contribution in [3.05, 3.63) is 22.7 Å². The van der Waals surface area contributed by atoms with E-state index in [9.17, 15) is 8.78 Å². The van der Waals surface area contributed by atoms with Crippen molar-refractivity contribution in [1.29, 1.82) is 0 Å². The van der Waals surface area contributed by atoms with Gasteiger partial charge in [0.05, 0.1) is 5.69 Å². The minimum atomic E-state index is -2.60. The molecule has 0 amide bonds. The fourth-order valence-electron chi connectivity index (χ4n) is 2.39. The van der Waals surface area contributed by atoms with E-state index < -0.39 is 5.92 Å². The lowest BCUT2D eigenvalue weighted by Crippen LogP contribution is -2.26. The van der Waals surface area contributed by atoms with Crippen LogP contribution in [0.3, 0.4) is 0 Å². The molecule has 0 bridgehead atoms. The third-order valence-electron chi connectivity index (χ3n) is 3.49. The Balaban J connectivity index is 2.32. The first-order chi connectivity index (χ1) is 8.67. The van der Waals surface area contributed by atoms with Gasteiger partial charge in [-0.2, -0.15) is 0 Å². The maximum Gasteiger partial charge on any atom is 0.248 e. The summed E-state index contributed by atoms with van der Waals surface area (Å²) in [5, 5.41) is 0.337. The molecule has 2 rings (SSSR count). The van der Waals surface area contributed by atoms with E-state index in [0.717, 1.165) is 5.69 Å². The Morgan fingerprint density at radius 2 is 2.00 bits per heavy atom. The molecule has 0 spiro atoms. The van der Waals surface area contributed by atoms with Gasteiger partial charge < -0.3 is 0 Å². The molecule has 1 saturated carbocycles. The fraction of sp³-hybridized carbons (Fsp3) is 0.714. The molecular weight excluding hydrogens is 270 g/mol. The van der Waals surface area contributed by atoms with Gasteiger partial charge in [0.2, 0.25) is 5.92 Å². The molecule has 5 heteroatoms. The number of alkyl halides is 2. The molecule has 1 heterocycles. The molecule has 1 aromatic heterocycles. The van der Waals surface area contributed by atoms with Crippen molar-refractivity contribution in [3.63, 3.8) is 0 Å². The highest BCUT2D eigenvalue weighted by molar-refractivity contribution is 6.29. The average Bonchev–Trinajstić information content (AvgIpc) is 2.25. The molecule has 2 nitrogen and oxygen atoms in total. The van der Waals surface area contributed by atoms with Gasteiger partial charge in [-0.1, -0.05) is 32.4 Å². The van der Waals surface area contributed by atoms with Crippen LogP contribution in [0.15, 0.2) is 6.07 Å². The van der Waals surface area contributed by atoms with Crippen LogP contribution in [0.1, 0.15) is 63.9 Å². The predicted octanol–water partition coefficient (Wildman–Crippen LogP) is 4.72. The Kier molecular flexibility index (Phi) is 3.83. The minimum absolute atomic E-state index is 0.0316. The summed E-state index contributed by atoms with van der Waals surface area (Å²) in [5.41, 5.74) is 0.634. The van der Waals surface area contributed by atoms with Gasteiger partial charge in [0.1, 0.15) is 11.0 Å². The van der Waals surface area contributed by atoms with Crippen molar-refractivity contribution in [1.82, 2.24) is 9.97 Å². The van der Waals surface area contributed by atoms with E-state index in [-0.39, 0.29) is 24.2 Å². The van der Waals surface area contributed by atoms with Gasteiger partial charge in [0.15, 0.2) is 0 Å². The molecule has 0 aromatic carbocycles. The second-order valence-electron chi connectivity index (χ2n) is 6.33. The summed E-state index contributed by atoms with van der Waals surface area (Å²) < 4.78 is 27.0. The van der Waals surface area contributed by atoms with E-state index in [4.69, 9.17) is 11.6 Å². The number of hydrogen-bond donors (Lipinski definition) is 0. The zero-order valence-electron chi connectivity index (χ0n) is 11.5. The SMILES string of the molecule is CC(C)(C)c1cc(Cl)nc(C2CCCC(F)(F)C2)n1. The van der Waals surface area contributed by atoms with Gasteiger partial charge in [-0.25, -0.2) is 18.7 Å². The molecule has 0 N–H and O–H groups in total. The van der Waals surface area contributed by atoms with Crippen LogP contribution in [0.5, 0.6) is 0 Å². The minimum Gasteiger partial charge on any atom is -0.237 e. The third kappa shape index (κ3) is 3.62. The molecule has 106 valence electrons. The smallest absolute Gasteiger partial charge is 0.237 e. The second-order valence-corrected chi connectivity index (χ2v) is 6.72. The maximum atomic E-state index is 13.5. The zero-order chi connectivity index (χ0) is 14.3. The molecule has 19 heavy (non-hydrogen) atoms. The van der Waals surface area contributed by atoms with Crippen molar-refractivity contribution in [2.24, 2.45) is 0 Å². The van der Waals surface area contributed by atoms with Crippen molar-refractivity contribution in [2.45, 2.75) is 63.7 Å². The lowest BCUT2D eigenvalue weighted by atomic mass is 9.85. The Morgan fingerprint density at radius 3 is 2.58 bits per heavy atom. The number of rotatable bonds is 1. The molecular formula is C14H19ClF2N2. The predicted molar refractivity (Wildman–Crippen MR) is 71.9 cm³/mol.